The molecule has 2 heterocycles. The van der Waals surface area contributed by atoms with Crippen LogP contribution in [0.4, 0.5) is 0 Å². The number of nitrogens with zero attached hydrogens (tertiary/aromatic N) is 2. The highest BCUT2D eigenvalue weighted by Gasteiger charge is 2.45. The van der Waals surface area contributed by atoms with Gasteiger partial charge in [-0.25, -0.2) is 10.1 Å². The Morgan fingerprint density at radius 2 is 2.04 bits per heavy atom. The van der Waals surface area contributed by atoms with Crippen molar-refractivity contribution in [3.63, 3.8) is 0 Å². The van der Waals surface area contributed by atoms with Gasteiger partial charge in [0.1, 0.15) is 0 Å². The van der Waals surface area contributed by atoms with Crippen molar-refractivity contribution >= 4 is 5.97 Å². The molecule has 2 aliphatic rings. The number of carbonyl (C=O) groups is 1. The number of hydrogen-bond acceptors (Lipinski definition) is 4. The second kappa shape index (κ2) is 5.79. The van der Waals surface area contributed by atoms with Crippen molar-refractivity contribution in [1.29, 1.82) is 0 Å². The molecule has 0 radical (unpaired) electrons. The molecular weight excluding hydrogens is 292 g/mol. The Labute approximate surface area is 134 Å². The number of benzene rings is 1. The first-order valence-corrected chi connectivity index (χ1v) is 8.08. The third-order valence-electron chi connectivity index (χ3n) is 5.08. The number of hydrazine groups is 1. The number of aliphatic carboxylic acids is 1. The van der Waals surface area contributed by atoms with E-state index in [1.165, 1.54) is 0 Å². The predicted molar refractivity (Wildman–Crippen MR) is 84.8 cm³/mol. The van der Waals surface area contributed by atoms with E-state index >= 15 is 0 Å². The summed E-state index contributed by atoms with van der Waals surface area (Å²) in [4.78, 5) is 11.4. The summed E-state index contributed by atoms with van der Waals surface area (Å²) in [5, 5.41) is 13.9. The minimum absolute atomic E-state index is 0.00803. The first kappa shape index (κ1) is 14.4. The molecule has 1 aromatic heterocycles. The SMILES string of the molecule is O=C(O)C1CCCC2C(c3cnn(-c4ccccc4)c3)NNC12. The molecule has 120 valence electrons. The van der Waals surface area contributed by atoms with Crippen LogP contribution in [-0.4, -0.2) is 26.9 Å². The van der Waals surface area contributed by atoms with Crippen molar-refractivity contribution < 1.29 is 9.90 Å². The number of nitrogens with one attached hydrogen (secondary N) is 2. The zero-order chi connectivity index (χ0) is 15.8. The van der Waals surface area contributed by atoms with Gasteiger partial charge in [-0.2, -0.15) is 5.10 Å². The van der Waals surface area contributed by atoms with E-state index in [1.807, 2.05) is 47.4 Å². The Balaban J connectivity index is 1.58. The molecule has 0 bridgehead atoms. The fraction of sp³-hybridized carbons (Fsp3) is 0.412. The maximum Gasteiger partial charge on any atom is 0.308 e. The summed E-state index contributed by atoms with van der Waals surface area (Å²) in [6.07, 6.45) is 6.65. The van der Waals surface area contributed by atoms with Gasteiger partial charge in [0, 0.05) is 17.8 Å². The molecule has 4 unspecified atom stereocenters. The van der Waals surface area contributed by atoms with Crippen LogP contribution in [0, 0.1) is 11.8 Å². The number of aromatic nitrogens is 2. The number of fused-ring (bicyclic) bond motifs is 1. The van der Waals surface area contributed by atoms with Crippen LogP contribution in [-0.2, 0) is 4.79 Å². The van der Waals surface area contributed by atoms with Gasteiger partial charge in [-0.1, -0.05) is 24.6 Å². The van der Waals surface area contributed by atoms with Crippen LogP contribution in [0.1, 0.15) is 30.9 Å². The number of hydrogen-bond donors (Lipinski definition) is 3. The van der Waals surface area contributed by atoms with E-state index in [9.17, 15) is 9.90 Å². The summed E-state index contributed by atoms with van der Waals surface area (Å²) in [5.41, 5.74) is 8.64. The van der Waals surface area contributed by atoms with E-state index in [-0.39, 0.29) is 18.0 Å². The normalized spacial score (nSPS) is 30.1. The lowest BCUT2D eigenvalue weighted by Crippen LogP contribution is -2.43. The van der Waals surface area contributed by atoms with Crippen molar-refractivity contribution in [3.8, 4) is 5.69 Å². The van der Waals surface area contributed by atoms with E-state index in [1.54, 1.807) is 0 Å². The third-order valence-corrected chi connectivity index (χ3v) is 5.08. The Morgan fingerprint density at radius 1 is 1.22 bits per heavy atom. The molecule has 4 rings (SSSR count). The van der Waals surface area contributed by atoms with Crippen LogP contribution < -0.4 is 10.9 Å². The van der Waals surface area contributed by atoms with Crippen LogP contribution in [0.2, 0.25) is 0 Å². The maximum absolute atomic E-state index is 11.4. The van der Waals surface area contributed by atoms with Gasteiger partial charge < -0.3 is 5.11 Å². The van der Waals surface area contributed by atoms with Crippen molar-refractivity contribution in [3.05, 3.63) is 48.3 Å². The molecule has 1 aliphatic carbocycles. The summed E-state index contributed by atoms with van der Waals surface area (Å²) < 4.78 is 1.86. The Hall–Kier alpha value is -2.18. The van der Waals surface area contributed by atoms with Crippen molar-refractivity contribution in [2.24, 2.45) is 11.8 Å². The van der Waals surface area contributed by atoms with Crippen molar-refractivity contribution in [2.45, 2.75) is 31.3 Å². The third kappa shape index (κ3) is 2.54. The second-order valence-corrected chi connectivity index (χ2v) is 6.39. The molecule has 2 aromatic rings. The van der Waals surface area contributed by atoms with Gasteiger partial charge in [0.2, 0.25) is 0 Å². The van der Waals surface area contributed by atoms with Crippen LogP contribution in [0.5, 0.6) is 0 Å². The van der Waals surface area contributed by atoms with Crippen molar-refractivity contribution in [2.75, 3.05) is 0 Å². The van der Waals surface area contributed by atoms with E-state index in [0.717, 1.165) is 30.5 Å². The first-order valence-electron chi connectivity index (χ1n) is 8.08. The maximum atomic E-state index is 11.4. The first-order chi connectivity index (χ1) is 11.2. The molecule has 0 amide bonds. The lowest BCUT2D eigenvalue weighted by atomic mass is 9.74. The van der Waals surface area contributed by atoms with Gasteiger partial charge in [0.05, 0.1) is 23.8 Å². The molecule has 1 aromatic carbocycles. The van der Waals surface area contributed by atoms with Gasteiger partial charge >= 0.3 is 5.97 Å². The van der Waals surface area contributed by atoms with Gasteiger partial charge in [0.25, 0.3) is 0 Å². The monoisotopic (exact) mass is 312 g/mol. The molecular formula is C17H20N4O2. The topological polar surface area (TPSA) is 79.2 Å². The number of carboxylic acids is 1. The summed E-state index contributed by atoms with van der Waals surface area (Å²) in [6.45, 7) is 0. The molecule has 4 atom stereocenters. The van der Waals surface area contributed by atoms with Crippen molar-refractivity contribution in [1.82, 2.24) is 20.6 Å². The van der Waals surface area contributed by atoms with E-state index < -0.39 is 5.97 Å². The average molecular weight is 312 g/mol. The lowest BCUT2D eigenvalue weighted by molar-refractivity contribution is -0.144. The summed E-state index contributed by atoms with van der Waals surface area (Å²) in [6, 6.07) is 10.1. The Bertz CT molecular complexity index is 700. The zero-order valence-electron chi connectivity index (χ0n) is 12.7. The molecule has 3 N–H and O–H groups in total. The van der Waals surface area contributed by atoms with Crippen LogP contribution in [0.15, 0.2) is 42.7 Å². The smallest absolute Gasteiger partial charge is 0.308 e. The van der Waals surface area contributed by atoms with Crippen LogP contribution >= 0.6 is 0 Å². The lowest BCUT2D eigenvalue weighted by Gasteiger charge is -2.31. The minimum Gasteiger partial charge on any atom is -0.481 e. The van der Waals surface area contributed by atoms with Gasteiger partial charge in [-0.3, -0.25) is 10.2 Å². The second-order valence-electron chi connectivity index (χ2n) is 6.39. The molecule has 2 fully saturated rings. The molecule has 6 heteroatoms. The highest BCUT2D eigenvalue weighted by molar-refractivity contribution is 5.71. The molecule has 1 aliphatic heterocycles. The molecule has 0 spiro atoms. The summed E-state index contributed by atoms with van der Waals surface area (Å²) in [7, 11) is 0. The number of rotatable bonds is 3. The quantitative estimate of drug-likeness (QED) is 0.806. The zero-order valence-corrected chi connectivity index (χ0v) is 12.7. The van der Waals surface area contributed by atoms with E-state index in [2.05, 4.69) is 16.0 Å². The summed E-state index contributed by atoms with van der Waals surface area (Å²) in [5.74, 6) is -0.719. The van der Waals surface area contributed by atoms with Crippen LogP contribution in [0.25, 0.3) is 5.69 Å². The molecule has 23 heavy (non-hydrogen) atoms. The molecule has 1 saturated carbocycles. The number of carboxylic acid groups (broad SMARTS) is 1. The minimum atomic E-state index is -0.699. The fourth-order valence-corrected chi connectivity index (χ4v) is 3.93. The predicted octanol–water partition coefficient (Wildman–Crippen LogP) is 1.89. The number of para-hydroxylation sites is 1. The standard InChI is InChI=1S/C17H20N4O2/c22-17(23)14-8-4-7-13-15(19-20-16(13)14)11-9-18-21(10-11)12-5-2-1-3-6-12/h1-3,5-6,9-10,13-16,19-20H,4,7-8H2,(H,22,23). The van der Waals surface area contributed by atoms with Crippen LogP contribution in [0.3, 0.4) is 0 Å². The van der Waals surface area contributed by atoms with Gasteiger partial charge in [-0.15, -0.1) is 0 Å². The van der Waals surface area contributed by atoms with Gasteiger partial charge in [0.15, 0.2) is 0 Å². The molecule has 6 nitrogen and oxygen atoms in total. The largest absolute Gasteiger partial charge is 0.481 e. The van der Waals surface area contributed by atoms with E-state index in [4.69, 9.17) is 0 Å². The van der Waals surface area contributed by atoms with E-state index in [0.29, 0.717) is 5.92 Å². The molecule has 1 saturated heterocycles. The Kier molecular flexibility index (Phi) is 3.63. The Morgan fingerprint density at radius 3 is 2.83 bits per heavy atom. The van der Waals surface area contributed by atoms with Gasteiger partial charge in [-0.05, 0) is 30.9 Å². The summed E-state index contributed by atoms with van der Waals surface area (Å²) >= 11 is 0. The fourth-order valence-electron chi connectivity index (χ4n) is 3.93. The highest BCUT2D eigenvalue weighted by Crippen LogP contribution is 2.40. The highest BCUT2D eigenvalue weighted by atomic mass is 16.4. The average Bonchev–Trinajstić information content (AvgIpc) is 3.21.